The van der Waals surface area contributed by atoms with E-state index in [9.17, 15) is 9.59 Å². The summed E-state index contributed by atoms with van der Waals surface area (Å²) < 4.78 is 9.87. The predicted octanol–water partition coefficient (Wildman–Crippen LogP) is 0.727. The van der Waals surface area contributed by atoms with E-state index in [1.54, 1.807) is 0 Å². The standard InChI is InChI=1S/C12H21NO4/c1-4-8(2)10(12(15)16-3)13-11(14)9-5-6-17-7-9/h8-10H,4-7H2,1-3H3,(H,13,14)/t8-,9-,10+/m0/s1. The average molecular weight is 243 g/mol. The van der Waals surface area contributed by atoms with Crippen molar-refractivity contribution in [3.8, 4) is 0 Å². The summed E-state index contributed by atoms with van der Waals surface area (Å²) in [5, 5.41) is 2.77. The maximum Gasteiger partial charge on any atom is 0.328 e. The lowest BCUT2D eigenvalue weighted by Gasteiger charge is -2.23. The Labute approximate surface area is 102 Å². The molecule has 1 rings (SSSR count). The molecule has 1 saturated heterocycles. The van der Waals surface area contributed by atoms with Gasteiger partial charge >= 0.3 is 5.97 Å². The summed E-state index contributed by atoms with van der Waals surface area (Å²) in [6, 6.07) is -0.557. The topological polar surface area (TPSA) is 64.6 Å². The van der Waals surface area contributed by atoms with Gasteiger partial charge in [-0.15, -0.1) is 0 Å². The smallest absolute Gasteiger partial charge is 0.328 e. The number of esters is 1. The van der Waals surface area contributed by atoms with Gasteiger partial charge < -0.3 is 14.8 Å². The van der Waals surface area contributed by atoms with E-state index in [-0.39, 0.29) is 23.7 Å². The van der Waals surface area contributed by atoms with Gasteiger partial charge in [-0.1, -0.05) is 20.3 Å². The molecule has 0 aromatic rings. The predicted molar refractivity (Wildman–Crippen MR) is 62.3 cm³/mol. The molecule has 0 aliphatic carbocycles. The summed E-state index contributed by atoms with van der Waals surface area (Å²) in [5.74, 6) is -0.565. The van der Waals surface area contributed by atoms with E-state index in [0.29, 0.717) is 13.2 Å². The highest BCUT2D eigenvalue weighted by molar-refractivity contribution is 5.86. The van der Waals surface area contributed by atoms with Gasteiger partial charge in [-0.05, 0) is 12.3 Å². The van der Waals surface area contributed by atoms with E-state index in [1.807, 2.05) is 13.8 Å². The van der Waals surface area contributed by atoms with E-state index < -0.39 is 6.04 Å². The highest BCUT2D eigenvalue weighted by Gasteiger charge is 2.31. The molecule has 5 heteroatoms. The first-order valence-electron chi connectivity index (χ1n) is 6.06. The minimum Gasteiger partial charge on any atom is -0.467 e. The van der Waals surface area contributed by atoms with Crippen molar-refractivity contribution in [1.29, 1.82) is 0 Å². The highest BCUT2D eigenvalue weighted by atomic mass is 16.5. The third-order valence-electron chi connectivity index (χ3n) is 3.27. The summed E-state index contributed by atoms with van der Waals surface area (Å²) in [7, 11) is 1.34. The number of ether oxygens (including phenoxy) is 2. The van der Waals surface area contributed by atoms with Crippen molar-refractivity contribution in [1.82, 2.24) is 5.32 Å². The van der Waals surface area contributed by atoms with Crippen molar-refractivity contribution in [3.63, 3.8) is 0 Å². The minimum atomic E-state index is -0.557. The van der Waals surface area contributed by atoms with Gasteiger partial charge in [0.05, 0.1) is 19.6 Å². The molecule has 1 fully saturated rings. The molecule has 0 unspecified atom stereocenters. The first-order valence-corrected chi connectivity index (χ1v) is 6.06. The summed E-state index contributed by atoms with van der Waals surface area (Å²) in [4.78, 5) is 23.5. The molecule has 0 aromatic carbocycles. The largest absolute Gasteiger partial charge is 0.467 e. The Morgan fingerprint density at radius 3 is 2.71 bits per heavy atom. The van der Waals surface area contributed by atoms with Crippen molar-refractivity contribution < 1.29 is 19.1 Å². The molecule has 3 atom stereocenters. The fraction of sp³-hybridized carbons (Fsp3) is 0.833. The van der Waals surface area contributed by atoms with Crippen molar-refractivity contribution >= 4 is 11.9 Å². The zero-order valence-electron chi connectivity index (χ0n) is 10.7. The Hall–Kier alpha value is -1.10. The monoisotopic (exact) mass is 243 g/mol. The molecule has 1 heterocycles. The zero-order valence-corrected chi connectivity index (χ0v) is 10.7. The normalized spacial score (nSPS) is 22.9. The van der Waals surface area contributed by atoms with E-state index in [1.165, 1.54) is 7.11 Å². The number of rotatable bonds is 5. The Morgan fingerprint density at radius 1 is 1.53 bits per heavy atom. The second-order valence-corrected chi connectivity index (χ2v) is 4.46. The van der Waals surface area contributed by atoms with E-state index >= 15 is 0 Å². The molecule has 0 radical (unpaired) electrons. The quantitative estimate of drug-likeness (QED) is 0.723. The van der Waals surface area contributed by atoms with Crippen LogP contribution in [0.3, 0.4) is 0 Å². The van der Waals surface area contributed by atoms with Crippen LogP contribution in [0.1, 0.15) is 26.7 Å². The summed E-state index contributed by atoms with van der Waals surface area (Å²) in [6.45, 7) is 4.96. The third-order valence-corrected chi connectivity index (χ3v) is 3.27. The summed E-state index contributed by atoms with van der Waals surface area (Å²) in [6.07, 6.45) is 1.53. The van der Waals surface area contributed by atoms with Gasteiger partial charge in [0, 0.05) is 6.61 Å². The van der Waals surface area contributed by atoms with E-state index in [4.69, 9.17) is 9.47 Å². The Morgan fingerprint density at radius 2 is 2.24 bits per heavy atom. The highest BCUT2D eigenvalue weighted by Crippen LogP contribution is 2.15. The Balaban J connectivity index is 2.58. The molecule has 98 valence electrons. The number of carbonyl (C=O) groups excluding carboxylic acids is 2. The number of nitrogens with one attached hydrogen (secondary N) is 1. The van der Waals surface area contributed by atoms with Crippen molar-refractivity contribution in [2.45, 2.75) is 32.7 Å². The van der Waals surface area contributed by atoms with Gasteiger partial charge in [-0.3, -0.25) is 4.79 Å². The second kappa shape index (κ2) is 6.59. The van der Waals surface area contributed by atoms with Gasteiger partial charge in [0.1, 0.15) is 6.04 Å². The number of hydrogen-bond acceptors (Lipinski definition) is 4. The molecule has 0 saturated carbocycles. The first kappa shape index (κ1) is 14.0. The Kier molecular flexibility index (Phi) is 5.41. The van der Waals surface area contributed by atoms with Crippen molar-refractivity contribution in [3.05, 3.63) is 0 Å². The first-order chi connectivity index (χ1) is 8.10. The van der Waals surface area contributed by atoms with Gasteiger partial charge in [0.15, 0.2) is 0 Å². The molecule has 1 N–H and O–H groups in total. The summed E-state index contributed by atoms with van der Waals surface area (Å²) in [5.41, 5.74) is 0. The molecule has 0 bridgehead atoms. The van der Waals surface area contributed by atoms with Crippen LogP contribution >= 0.6 is 0 Å². The SMILES string of the molecule is CC[C@H](C)[C@@H](NC(=O)[C@H]1CCOC1)C(=O)OC. The molecule has 17 heavy (non-hydrogen) atoms. The molecule has 1 aliphatic rings. The maximum atomic E-state index is 11.9. The molecule has 5 nitrogen and oxygen atoms in total. The minimum absolute atomic E-state index is 0.0636. The lowest BCUT2D eigenvalue weighted by atomic mass is 9.98. The number of amides is 1. The van der Waals surface area contributed by atoms with Crippen LogP contribution in [-0.2, 0) is 19.1 Å². The fourth-order valence-corrected chi connectivity index (χ4v) is 1.81. The second-order valence-electron chi connectivity index (χ2n) is 4.46. The van der Waals surface area contributed by atoms with Gasteiger partial charge in [-0.2, -0.15) is 0 Å². The van der Waals surface area contributed by atoms with Crippen LogP contribution in [0.25, 0.3) is 0 Å². The van der Waals surface area contributed by atoms with E-state index in [2.05, 4.69) is 5.32 Å². The van der Waals surface area contributed by atoms with Crippen molar-refractivity contribution in [2.24, 2.45) is 11.8 Å². The van der Waals surface area contributed by atoms with Crippen LogP contribution in [0.4, 0.5) is 0 Å². The van der Waals surface area contributed by atoms with Crippen molar-refractivity contribution in [2.75, 3.05) is 20.3 Å². The van der Waals surface area contributed by atoms with Crippen LogP contribution in [0, 0.1) is 11.8 Å². The van der Waals surface area contributed by atoms with Gasteiger partial charge in [0.25, 0.3) is 0 Å². The van der Waals surface area contributed by atoms with Crippen LogP contribution < -0.4 is 5.32 Å². The zero-order chi connectivity index (χ0) is 12.8. The molecular formula is C12H21NO4. The van der Waals surface area contributed by atoms with Gasteiger partial charge in [-0.25, -0.2) is 4.79 Å². The summed E-state index contributed by atoms with van der Waals surface area (Å²) >= 11 is 0. The molecule has 1 amide bonds. The number of methoxy groups -OCH3 is 1. The maximum absolute atomic E-state index is 11.9. The Bertz CT molecular complexity index is 274. The van der Waals surface area contributed by atoms with E-state index in [0.717, 1.165) is 12.8 Å². The molecule has 0 aromatic heterocycles. The van der Waals surface area contributed by atoms with Crippen LogP contribution in [0.15, 0.2) is 0 Å². The number of carbonyl (C=O) groups is 2. The molecule has 0 spiro atoms. The van der Waals surface area contributed by atoms with Crippen LogP contribution in [0.2, 0.25) is 0 Å². The fourth-order valence-electron chi connectivity index (χ4n) is 1.81. The van der Waals surface area contributed by atoms with Gasteiger partial charge in [0.2, 0.25) is 5.91 Å². The number of hydrogen-bond donors (Lipinski definition) is 1. The lowest BCUT2D eigenvalue weighted by molar-refractivity contribution is -0.147. The van der Waals surface area contributed by atoms with Crippen LogP contribution in [-0.4, -0.2) is 38.2 Å². The average Bonchev–Trinajstić information content (AvgIpc) is 2.87. The lowest BCUT2D eigenvalue weighted by Crippen LogP contribution is -2.47. The molecular weight excluding hydrogens is 222 g/mol. The molecule has 1 aliphatic heterocycles. The van der Waals surface area contributed by atoms with Crippen LogP contribution in [0.5, 0.6) is 0 Å². The third kappa shape index (κ3) is 3.70.